The first-order valence-corrected chi connectivity index (χ1v) is 7.86. The largest absolute Gasteiger partial charge is 1.00 e. The van der Waals surface area contributed by atoms with E-state index < -0.39 is 43.4 Å². The van der Waals surface area contributed by atoms with Gasteiger partial charge in [0.15, 0.2) is 15.6 Å². The van der Waals surface area contributed by atoms with Gasteiger partial charge < -0.3 is 19.3 Å². The van der Waals surface area contributed by atoms with Gasteiger partial charge in [-0.05, 0) is 13.0 Å². The number of carbonyl (C=O) groups excluding carboxylic acids is 2. The minimum Gasteiger partial charge on any atom is -0.548 e. The number of hydrogen-bond acceptors (Lipinski definition) is 7. The van der Waals surface area contributed by atoms with Crippen molar-refractivity contribution in [2.24, 2.45) is 0 Å². The van der Waals surface area contributed by atoms with Crippen molar-refractivity contribution in [3.8, 4) is 0 Å². The maximum atomic E-state index is 12.5. The summed E-state index contributed by atoms with van der Waals surface area (Å²) in [5, 5.41) is 12.2. The zero-order chi connectivity index (χ0) is 16.3. The van der Waals surface area contributed by atoms with Gasteiger partial charge in [0.1, 0.15) is 10.1 Å². The Balaban J connectivity index is 0.00000192. The Hall–Kier alpha value is -1.36. The third-order valence-corrected chi connectivity index (χ3v) is 6.78. The number of nitrogens with zero attached hydrogens (tertiary/aromatic N) is 1. The fraction of sp³-hybridized carbons (Fsp3) is 0.417. The number of aromatic amines is 1. The Morgan fingerprint density at radius 3 is 2.65 bits per heavy atom. The predicted octanol–water partition coefficient (Wildman–Crippen LogP) is -5.15. The fourth-order valence-corrected chi connectivity index (χ4v) is 5.12. The molecule has 9 nitrogen and oxygen atoms in total. The monoisotopic (exact) mass is 350 g/mol. The molecule has 3 rings (SSSR count). The van der Waals surface area contributed by atoms with Gasteiger partial charge >= 0.3 is 29.6 Å². The fourth-order valence-electron chi connectivity index (χ4n) is 2.86. The molecule has 1 aromatic rings. The number of carboxylic acid groups (broad SMARTS) is 1. The molecule has 0 aliphatic carbocycles. The summed E-state index contributed by atoms with van der Waals surface area (Å²) >= 11 is 0. The number of rotatable bonds is 3. The van der Waals surface area contributed by atoms with Crippen LogP contribution >= 0.6 is 0 Å². The molecule has 11 heteroatoms. The molecule has 23 heavy (non-hydrogen) atoms. The molecule has 118 valence electrons. The zero-order valence-electron chi connectivity index (χ0n) is 12.3. The number of carbonyl (C=O) groups is 2. The molecule has 0 radical (unpaired) electrons. The van der Waals surface area contributed by atoms with Gasteiger partial charge in [-0.2, -0.15) is 5.16 Å². The summed E-state index contributed by atoms with van der Waals surface area (Å²) in [4.78, 5) is 34.7. The van der Waals surface area contributed by atoms with Gasteiger partial charge in [-0.25, -0.2) is 8.42 Å². The summed E-state index contributed by atoms with van der Waals surface area (Å²) in [6.07, 6.45) is 2.05. The number of sulfone groups is 1. The molecule has 1 aromatic heterocycles. The number of amides is 1. The van der Waals surface area contributed by atoms with Crippen LogP contribution in [0.25, 0.3) is 6.08 Å². The molecule has 0 unspecified atom stereocenters. The molecule has 0 spiro atoms. The van der Waals surface area contributed by atoms with Crippen LogP contribution in [0.3, 0.4) is 0 Å². The van der Waals surface area contributed by atoms with E-state index in [2.05, 4.69) is 0 Å². The first-order valence-electron chi connectivity index (χ1n) is 6.32. The molecule has 1 N–H and O–H groups in total. The standard InChI is InChI=1S/C12H12N2O7S.Na/c1-12(3-2-6-4-7(15)13-21-6)10(11(17)18)14-8(16)5-9(14)22(12,19)20;/h2-4,9-10H,5H2,1H3,(H,13,15)(H,17,18);/q;+1/p-1/b3-2-;/t9-,10+,12+;/m1./s1. The summed E-state index contributed by atoms with van der Waals surface area (Å²) in [5.41, 5.74) is -0.519. The molecule has 2 saturated heterocycles. The first-order chi connectivity index (χ1) is 10.2. The van der Waals surface area contributed by atoms with E-state index in [1.807, 2.05) is 5.16 Å². The van der Waals surface area contributed by atoms with Crippen LogP contribution in [0, 0.1) is 0 Å². The van der Waals surface area contributed by atoms with Gasteiger partial charge in [0.25, 0.3) is 5.56 Å². The van der Waals surface area contributed by atoms with Crippen LogP contribution in [-0.4, -0.2) is 46.5 Å². The van der Waals surface area contributed by atoms with Crippen molar-refractivity contribution < 1.29 is 57.2 Å². The van der Waals surface area contributed by atoms with Gasteiger partial charge in [-0.3, -0.25) is 9.59 Å². The predicted molar refractivity (Wildman–Crippen MR) is 69.7 cm³/mol. The number of hydrogen-bond donors (Lipinski definition) is 1. The molecular weight excluding hydrogens is 339 g/mol. The molecule has 0 bridgehead atoms. The van der Waals surface area contributed by atoms with Crippen molar-refractivity contribution in [1.29, 1.82) is 0 Å². The van der Waals surface area contributed by atoms with E-state index in [1.165, 1.54) is 13.0 Å². The van der Waals surface area contributed by atoms with E-state index in [1.54, 1.807) is 0 Å². The van der Waals surface area contributed by atoms with Crippen LogP contribution < -0.4 is 40.2 Å². The Morgan fingerprint density at radius 1 is 1.52 bits per heavy atom. The van der Waals surface area contributed by atoms with Crippen LogP contribution in [0.2, 0.25) is 0 Å². The quantitative estimate of drug-likeness (QED) is 0.424. The van der Waals surface area contributed by atoms with Gasteiger partial charge in [0.05, 0.1) is 24.5 Å². The van der Waals surface area contributed by atoms with E-state index >= 15 is 0 Å². The number of β-lactam (4-membered cyclic amide) rings is 1. The van der Waals surface area contributed by atoms with E-state index in [9.17, 15) is 27.9 Å². The molecule has 2 aliphatic rings. The van der Waals surface area contributed by atoms with E-state index in [0.717, 1.165) is 17.0 Å². The summed E-state index contributed by atoms with van der Waals surface area (Å²) in [6.45, 7) is 1.20. The summed E-state index contributed by atoms with van der Waals surface area (Å²) in [7, 11) is -3.95. The van der Waals surface area contributed by atoms with Crippen molar-refractivity contribution in [1.82, 2.24) is 10.1 Å². The number of carboxylic acids is 1. The van der Waals surface area contributed by atoms with Gasteiger partial charge in [-0.15, -0.1) is 0 Å². The topological polar surface area (TPSA) is 141 Å². The van der Waals surface area contributed by atoms with Crippen LogP contribution in [0.4, 0.5) is 0 Å². The molecule has 1 amide bonds. The van der Waals surface area contributed by atoms with Crippen molar-refractivity contribution in [3.63, 3.8) is 0 Å². The van der Waals surface area contributed by atoms with Gasteiger partial charge in [0.2, 0.25) is 5.91 Å². The Kier molecular flexibility index (Phi) is 4.39. The number of fused-ring (bicyclic) bond motifs is 1. The smallest absolute Gasteiger partial charge is 0.548 e. The average molecular weight is 350 g/mol. The Morgan fingerprint density at radius 2 is 2.17 bits per heavy atom. The Bertz CT molecular complexity index is 855. The molecule has 2 aliphatic heterocycles. The normalized spacial score (nSPS) is 31.5. The number of nitrogens with one attached hydrogen (secondary N) is 1. The van der Waals surface area contributed by atoms with Crippen LogP contribution in [0.1, 0.15) is 19.1 Å². The Labute approximate surface area is 152 Å². The second-order valence-electron chi connectivity index (χ2n) is 5.36. The number of H-pyrrole nitrogens is 1. The first kappa shape index (κ1) is 18.0. The minimum absolute atomic E-state index is 0. The molecule has 3 heterocycles. The summed E-state index contributed by atoms with van der Waals surface area (Å²) in [6, 6.07) is -0.541. The third kappa shape index (κ3) is 2.40. The van der Waals surface area contributed by atoms with Crippen molar-refractivity contribution in [3.05, 3.63) is 28.3 Å². The van der Waals surface area contributed by atoms with Gasteiger partial charge in [0, 0.05) is 0 Å². The average Bonchev–Trinajstić information content (AvgIpc) is 2.88. The summed E-state index contributed by atoms with van der Waals surface area (Å²) < 4.78 is 28.0. The van der Waals surface area contributed by atoms with E-state index in [4.69, 9.17) is 4.52 Å². The summed E-state index contributed by atoms with van der Waals surface area (Å²) in [5.74, 6) is -2.16. The van der Waals surface area contributed by atoms with E-state index in [0.29, 0.717) is 0 Å². The van der Waals surface area contributed by atoms with Crippen LogP contribution in [0.15, 0.2) is 21.5 Å². The third-order valence-electron chi connectivity index (χ3n) is 4.08. The maximum Gasteiger partial charge on any atom is 1.00 e. The van der Waals surface area contributed by atoms with Crippen molar-refractivity contribution >= 4 is 27.8 Å². The zero-order valence-corrected chi connectivity index (χ0v) is 15.1. The molecule has 2 fully saturated rings. The van der Waals surface area contributed by atoms with Gasteiger partial charge in [-0.1, -0.05) is 6.08 Å². The number of aliphatic carboxylic acids is 1. The number of aromatic nitrogens is 1. The van der Waals surface area contributed by atoms with Crippen LogP contribution in [-0.2, 0) is 19.4 Å². The maximum absolute atomic E-state index is 12.5. The molecule has 3 atom stereocenters. The SMILES string of the molecule is C[C@]1(/C=C\c2cc(=O)[nH]o2)[C@H](C(=O)[O-])N2C(=O)C[C@H]2S1(=O)=O.[Na+]. The minimum atomic E-state index is -3.95. The van der Waals surface area contributed by atoms with E-state index in [-0.39, 0.29) is 41.7 Å². The van der Waals surface area contributed by atoms with Crippen LogP contribution in [0.5, 0.6) is 0 Å². The molecule has 0 aromatic carbocycles. The van der Waals surface area contributed by atoms with Crippen molar-refractivity contribution in [2.75, 3.05) is 0 Å². The molecular formula is C12H11N2NaO7S. The second kappa shape index (κ2) is 5.62. The van der Waals surface area contributed by atoms with Crippen molar-refractivity contribution in [2.45, 2.75) is 29.5 Å². The second-order valence-corrected chi connectivity index (χ2v) is 7.87. The molecule has 0 saturated carbocycles.